The molecule has 35 heavy (non-hydrogen) atoms. The number of fused-ring (bicyclic) bond motifs is 3. The minimum Gasteiger partial charge on any atom is -0.456 e. The Labute approximate surface area is 216 Å². The van der Waals surface area contributed by atoms with Crippen molar-refractivity contribution in [1.29, 1.82) is 0 Å². The fourth-order valence-electron chi connectivity index (χ4n) is 3.94. The molecule has 0 aliphatic heterocycles. The third-order valence-corrected chi connectivity index (χ3v) is 7.55. The third kappa shape index (κ3) is 5.03. The standard InChI is InChI=1S/C27H21IN2O4S/c1-35(32,33)30(22-13-10-20(28)11-14-22)17-18-6-8-19(9-7-18)27(31)29-21-12-15-24-23-4-2-3-5-25(23)34-26(24)16-21/h2-16H,17H2,1H3,(H,29,31). The molecule has 1 amide bonds. The number of sulfonamides is 1. The van der Waals surface area contributed by atoms with Gasteiger partial charge in [-0.3, -0.25) is 9.10 Å². The van der Waals surface area contributed by atoms with Crippen LogP contribution in [0.3, 0.4) is 0 Å². The van der Waals surface area contributed by atoms with Crippen LogP contribution in [0.2, 0.25) is 0 Å². The number of carbonyl (C=O) groups is 1. The van der Waals surface area contributed by atoms with Gasteiger partial charge in [0.15, 0.2) is 0 Å². The van der Waals surface area contributed by atoms with Crippen molar-refractivity contribution in [2.45, 2.75) is 6.54 Å². The molecule has 0 radical (unpaired) electrons. The molecule has 1 aromatic heterocycles. The van der Waals surface area contributed by atoms with E-state index in [0.717, 1.165) is 25.5 Å². The molecule has 5 rings (SSSR count). The van der Waals surface area contributed by atoms with Gasteiger partial charge in [0, 0.05) is 31.7 Å². The van der Waals surface area contributed by atoms with Crippen LogP contribution < -0.4 is 9.62 Å². The molecule has 1 N–H and O–H groups in total. The highest BCUT2D eigenvalue weighted by molar-refractivity contribution is 14.1. The smallest absolute Gasteiger partial charge is 0.255 e. The molecular formula is C27H21IN2O4S. The van der Waals surface area contributed by atoms with Crippen LogP contribution in [0.1, 0.15) is 15.9 Å². The van der Waals surface area contributed by atoms with Gasteiger partial charge in [0.25, 0.3) is 5.91 Å². The summed E-state index contributed by atoms with van der Waals surface area (Å²) < 4.78 is 33.1. The van der Waals surface area contributed by atoms with Gasteiger partial charge in [-0.15, -0.1) is 0 Å². The number of anilines is 2. The Hall–Kier alpha value is -3.37. The van der Waals surface area contributed by atoms with Crippen molar-refractivity contribution in [1.82, 2.24) is 0 Å². The highest BCUT2D eigenvalue weighted by Crippen LogP contribution is 2.30. The Morgan fingerprint density at radius 2 is 1.57 bits per heavy atom. The number of para-hydroxylation sites is 1. The van der Waals surface area contributed by atoms with Crippen molar-refractivity contribution in [2.75, 3.05) is 15.9 Å². The van der Waals surface area contributed by atoms with Crippen LogP contribution in [-0.4, -0.2) is 20.6 Å². The Morgan fingerprint density at radius 3 is 2.29 bits per heavy atom. The van der Waals surface area contributed by atoms with Gasteiger partial charge in [-0.25, -0.2) is 8.42 Å². The molecule has 1 heterocycles. The van der Waals surface area contributed by atoms with Gasteiger partial charge in [0.2, 0.25) is 10.0 Å². The lowest BCUT2D eigenvalue weighted by atomic mass is 10.1. The maximum Gasteiger partial charge on any atom is 0.255 e. The van der Waals surface area contributed by atoms with E-state index in [4.69, 9.17) is 4.42 Å². The lowest BCUT2D eigenvalue weighted by Gasteiger charge is -2.22. The molecule has 6 nitrogen and oxygen atoms in total. The van der Waals surface area contributed by atoms with Gasteiger partial charge in [-0.2, -0.15) is 0 Å². The molecule has 0 bridgehead atoms. The molecule has 0 spiro atoms. The summed E-state index contributed by atoms with van der Waals surface area (Å²) in [4.78, 5) is 12.8. The molecule has 0 saturated heterocycles. The molecule has 0 fully saturated rings. The summed E-state index contributed by atoms with van der Waals surface area (Å²) in [7, 11) is -3.48. The second kappa shape index (κ2) is 9.35. The van der Waals surface area contributed by atoms with Crippen molar-refractivity contribution >= 4 is 71.8 Å². The summed E-state index contributed by atoms with van der Waals surface area (Å²) in [5.41, 5.74) is 3.97. The molecule has 4 aromatic carbocycles. The second-order valence-corrected chi connectivity index (χ2v) is 11.4. The lowest BCUT2D eigenvalue weighted by Crippen LogP contribution is -2.29. The number of carbonyl (C=O) groups excluding carboxylic acids is 1. The van der Waals surface area contributed by atoms with E-state index in [1.807, 2.05) is 54.6 Å². The SMILES string of the molecule is CS(=O)(=O)N(Cc1ccc(C(=O)Nc2ccc3c(c2)oc2ccccc23)cc1)c1ccc(I)cc1. The molecule has 0 atom stereocenters. The van der Waals surface area contributed by atoms with E-state index in [1.165, 1.54) is 10.6 Å². The summed E-state index contributed by atoms with van der Waals surface area (Å²) in [5.74, 6) is -0.260. The summed E-state index contributed by atoms with van der Waals surface area (Å²) in [6, 6.07) is 27.6. The van der Waals surface area contributed by atoms with E-state index >= 15 is 0 Å². The van der Waals surface area contributed by atoms with Gasteiger partial charge in [0.05, 0.1) is 18.5 Å². The molecule has 0 saturated carbocycles. The average Bonchev–Trinajstić information content (AvgIpc) is 3.21. The number of halogens is 1. The number of rotatable bonds is 6. The topological polar surface area (TPSA) is 79.6 Å². The van der Waals surface area contributed by atoms with E-state index in [-0.39, 0.29) is 12.5 Å². The van der Waals surface area contributed by atoms with Crippen molar-refractivity contribution in [3.05, 3.63) is 106 Å². The number of amides is 1. The third-order valence-electron chi connectivity index (χ3n) is 5.69. The van der Waals surface area contributed by atoms with Crippen LogP contribution in [0.15, 0.2) is 95.4 Å². The zero-order valence-electron chi connectivity index (χ0n) is 18.7. The minimum atomic E-state index is -3.48. The zero-order valence-corrected chi connectivity index (χ0v) is 21.7. The first kappa shape index (κ1) is 23.4. The van der Waals surface area contributed by atoms with Gasteiger partial charge in [-0.05, 0) is 82.8 Å². The fourth-order valence-corrected chi connectivity index (χ4v) is 5.19. The summed E-state index contributed by atoms with van der Waals surface area (Å²) >= 11 is 2.18. The van der Waals surface area contributed by atoms with E-state index < -0.39 is 10.0 Å². The molecule has 5 aromatic rings. The number of hydrogen-bond donors (Lipinski definition) is 1. The van der Waals surface area contributed by atoms with Crippen LogP contribution in [0.5, 0.6) is 0 Å². The highest BCUT2D eigenvalue weighted by atomic mass is 127. The van der Waals surface area contributed by atoms with Crippen LogP contribution in [0.4, 0.5) is 11.4 Å². The van der Waals surface area contributed by atoms with Gasteiger partial charge >= 0.3 is 0 Å². The average molecular weight is 596 g/mol. The Bertz CT molecular complexity index is 1640. The van der Waals surface area contributed by atoms with Crippen LogP contribution in [-0.2, 0) is 16.6 Å². The van der Waals surface area contributed by atoms with E-state index in [9.17, 15) is 13.2 Å². The van der Waals surface area contributed by atoms with Crippen LogP contribution >= 0.6 is 22.6 Å². The normalized spacial score (nSPS) is 11.6. The van der Waals surface area contributed by atoms with E-state index in [2.05, 4.69) is 27.9 Å². The molecule has 0 unspecified atom stereocenters. The number of nitrogens with one attached hydrogen (secondary N) is 1. The Morgan fingerprint density at radius 1 is 0.886 bits per heavy atom. The molecule has 0 aliphatic carbocycles. The summed E-state index contributed by atoms with van der Waals surface area (Å²) in [5, 5.41) is 4.93. The van der Waals surface area contributed by atoms with E-state index in [1.54, 1.807) is 36.4 Å². The van der Waals surface area contributed by atoms with Crippen molar-refractivity contribution in [2.24, 2.45) is 0 Å². The maximum atomic E-state index is 12.8. The van der Waals surface area contributed by atoms with Crippen LogP contribution in [0.25, 0.3) is 21.9 Å². The largest absolute Gasteiger partial charge is 0.456 e. The maximum absolute atomic E-state index is 12.8. The molecular weight excluding hydrogens is 575 g/mol. The first-order valence-corrected chi connectivity index (χ1v) is 13.8. The monoisotopic (exact) mass is 596 g/mol. The highest BCUT2D eigenvalue weighted by Gasteiger charge is 2.18. The van der Waals surface area contributed by atoms with Gasteiger partial charge in [-0.1, -0.05) is 30.3 Å². The molecule has 8 heteroatoms. The second-order valence-electron chi connectivity index (χ2n) is 8.21. The van der Waals surface area contributed by atoms with Crippen LogP contribution in [0, 0.1) is 3.57 Å². The predicted octanol–water partition coefficient (Wildman–Crippen LogP) is 6.41. The number of benzene rings is 4. The lowest BCUT2D eigenvalue weighted by molar-refractivity contribution is 0.102. The number of furan rings is 1. The molecule has 0 aliphatic rings. The first-order chi connectivity index (χ1) is 16.8. The van der Waals surface area contributed by atoms with Crippen molar-refractivity contribution in [3.8, 4) is 0 Å². The van der Waals surface area contributed by atoms with Crippen molar-refractivity contribution in [3.63, 3.8) is 0 Å². The summed E-state index contributed by atoms with van der Waals surface area (Å²) in [6.45, 7) is 0.171. The quantitative estimate of drug-likeness (QED) is 0.230. The minimum absolute atomic E-state index is 0.171. The number of nitrogens with zero attached hydrogens (tertiary/aromatic N) is 1. The Kier molecular flexibility index (Phi) is 6.24. The first-order valence-electron chi connectivity index (χ1n) is 10.8. The molecule has 176 valence electrons. The van der Waals surface area contributed by atoms with Gasteiger partial charge < -0.3 is 9.73 Å². The van der Waals surface area contributed by atoms with Crippen molar-refractivity contribution < 1.29 is 17.6 Å². The summed E-state index contributed by atoms with van der Waals surface area (Å²) in [6.07, 6.45) is 1.19. The predicted molar refractivity (Wildman–Crippen MR) is 148 cm³/mol. The van der Waals surface area contributed by atoms with E-state index in [0.29, 0.717) is 22.5 Å². The van der Waals surface area contributed by atoms with Gasteiger partial charge in [0.1, 0.15) is 11.2 Å². The fraction of sp³-hybridized carbons (Fsp3) is 0.0741. The Balaban J connectivity index is 1.32. The zero-order chi connectivity index (χ0) is 24.6. The number of hydrogen-bond acceptors (Lipinski definition) is 4.